The summed E-state index contributed by atoms with van der Waals surface area (Å²) in [6.45, 7) is 0.710. The second kappa shape index (κ2) is 10.2. The minimum Gasteiger partial charge on any atom is -0.504 e. The van der Waals surface area contributed by atoms with E-state index in [4.69, 9.17) is 18.9 Å². The number of carbonyl (C=O) groups is 2. The summed E-state index contributed by atoms with van der Waals surface area (Å²) in [5.74, 6) is -6.57. The van der Waals surface area contributed by atoms with Crippen molar-refractivity contribution in [2.75, 3.05) is 33.5 Å². The van der Waals surface area contributed by atoms with E-state index in [1.807, 2.05) is 0 Å². The second-order valence-electron chi connectivity index (χ2n) is 5.84. The summed E-state index contributed by atoms with van der Waals surface area (Å²) < 4.78 is 19.8. The predicted molar refractivity (Wildman–Crippen MR) is 99.1 cm³/mol. The van der Waals surface area contributed by atoms with Crippen LogP contribution in [-0.4, -0.2) is 71.0 Å². The average molecular weight is 424 g/mol. The van der Waals surface area contributed by atoms with Crippen LogP contribution in [0.3, 0.4) is 0 Å². The number of esters is 2. The normalized spacial score (nSPS) is 10.6. The van der Waals surface area contributed by atoms with Gasteiger partial charge in [0.2, 0.25) is 5.75 Å². The molecule has 2 rings (SSSR count). The highest BCUT2D eigenvalue weighted by Crippen LogP contribution is 2.39. The molecule has 5 N–H and O–H groups in total. The van der Waals surface area contributed by atoms with Gasteiger partial charge >= 0.3 is 11.9 Å². The van der Waals surface area contributed by atoms with Gasteiger partial charge in [0.1, 0.15) is 6.61 Å². The van der Waals surface area contributed by atoms with Gasteiger partial charge in [0, 0.05) is 7.11 Å². The highest BCUT2D eigenvalue weighted by atomic mass is 16.6. The molecule has 0 radical (unpaired) electrons. The fourth-order valence-corrected chi connectivity index (χ4v) is 2.19. The van der Waals surface area contributed by atoms with E-state index in [1.54, 1.807) is 0 Å². The Morgan fingerprint density at radius 2 is 1.27 bits per heavy atom. The number of carbonyl (C=O) groups excluding carboxylic acids is 2. The van der Waals surface area contributed by atoms with E-state index in [0.29, 0.717) is 13.2 Å². The van der Waals surface area contributed by atoms with E-state index in [2.05, 4.69) is 0 Å². The van der Waals surface area contributed by atoms with Crippen LogP contribution in [0, 0.1) is 0 Å². The van der Waals surface area contributed by atoms with Crippen molar-refractivity contribution in [2.24, 2.45) is 0 Å². The maximum Gasteiger partial charge on any atom is 0.343 e. The van der Waals surface area contributed by atoms with Crippen LogP contribution in [0.4, 0.5) is 0 Å². The maximum atomic E-state index is 12.2. The number of phenolic OH excluding ortho intramolecular Hbond substituents is 5. The van der Waals surface area contributed by atoms with Crippen molar-refractivity contribution < 1.29 is 54.1 Å². The first-order chi connectivity index (χ1) is 14.2. The Hall–Kier alpha value is -3.70. The zero-order valence-corrected chi connectivity index (χ0v) is 15.8. The number of rotatable bonds is 9. The van der Waals surface area contributed by atoms with Crippen LogP contribution in [0.25, 0.3) is 0 Å². The summed E-state index contributed by atoms with van der Waals surface area (Å²) in [4.78, 5) is 24.3. The Balaban J connectivity index is 2.11. The van der Waals surface area contributed by atoms with Gasteiger partial charge in [-0.25, -0.2) is 9.59 Å². The summed E-state index contributed by atoms with van der Waals surface area (Å²) in [5.41, 5.74) is -0.593. The summed E-state index contributed by atoms with van der Waals surface area (Å²) in [5, 5.41) is 48.0. The molecular weight excluding hydrogens is 404 g/mol. The molecule has 30 heavy (non-hydrogen) atoms. The van der Waals surface area contributed by atoms with Crippen molar-refractivity contribution in [2.45, 2.75) is 0 Å². The Kier molecular flexibility index (Phi) is 7.67. The van der Waals surface area contributed by atoms with Gasteiger partial charge in [0.05, 0.1) is 30.9 Å². The van der Waals surface area contributed by atoms with Crippen molar-refractivity contribution in [1.82, 2.24) is 0 Å². The van der Waals surface area contributed by atoms with Crippen LogP contribution in [0.2, 0.25) is 0 Å². The highest BCUT2D eigenvalue weighted by Gasteiger charge is 2.21. The van der Waals surface area contributed by atoms with Gasteiger partial charge in [-0.1, -0.05) is 0 Å². The molecule has 0 heterocycles. The summed E-state index contributed by atoms with van der Waals surface area (Å²) in [7, 11) is 1.51. The Morgan fingerprint density at radius 1 is 0.733 bits per heavy atom. The minimum atomic E-state index is -1.16. The van der Waals surface area contributed by atoms with Crippen LogP contribution >= 0.6 is 0 Å². The van der Waals surface area contributed by atoms with Gasteiger partial charge in [0.15, 0.2) is 28.7 Å². The van der Waals surface area contributed by atoms with Gasteiger partial charge in [-0.05, 0) is 24.3 Å². The molecule has 0 fully saturated rings. The molecule has 11 nitrogen and oxygen atoms in total. The zero-order valence-electron chi connectivity index (χ0n) is 15.8. The zero-order chi connectivity index (χ0) is 22.3. The molecule has 0 saturated carbocycles. The highest BCUT2D eigenvalue weighted by molar-refractivity contribution is 5.94. The number of hydrogen-bond donors (Lipinski definition) is 5. The molecule has 162 valence electrons. The number of methoxy groups -OCH3 is 1. The van der Waals surface area contributed by atoms with E-state index < -0.39 is 46.4 Å². The van der Waals surface area contributed by atoms with Crippen molar-refractivity contribution in [1.29, 1.82) is 0 Å². The smallest absolute Gasteiger partial charge is 0.343 e. The lowest BCUT2D eigenvalue weighted by atomic mass is 10.1. The van der Waals surface area contributed by atoms with E-state index in [1.165, 1.54) is 7.11 Å². The molecule has 2 aromatic carbocycles. The number of phenols is 5. The van der Waals surface area contributed by atoms with E-state index in [9.17, 15) is 35.1 Å². The molecule has 0 unspecified atom stereocenters. The minimum absolute atomic E-state index is 0.0919. The molecule has 11 heteroatoms. The molecule has 0 aliphatic carbocycles. The van der Waals surface area contributed by atoms with Crippen molar-refractivity contribution in [3.05, 3.63) is 35.4 Å². The predicted octanol–water partition coefficient (Wildman–Crippen LogP) is 1.25. The van der Waals surface area contributed by atoms with Crippen molar-refractivity contribution in [3.63, 3.8) is 0 Å². The van der Waals surface area contributed by atoms with E-state index in [0.717, 1.165) is 24.3 Å². The Bertz CT molecular complexity index is 900. The molecule has 0 aromatic heterocycles. The molecule has 0 spiro atoms. The summed E-state index contributed by atoms with van der Waals surface area (Å²) in [6.07, 6.45) is 0. The fourth-order valence-electron chi connectivity index (χ4n) is 2.19. The quantitative estimate of drug-likeness (QED) is 0.170. The molecule has 0 aliphatic rings. The summed E-state index contributed by atoms with van der Waals surface area (Å²) in [6, 6.07) is 3.51. The lowest BCUT2D eigenvalue weighted by Crippen LogP contribution is -2.13. The lowest BCUT2D eigenvalue weighted by Gasteiger charge is -2.11. The first-order valence-electron chi connectivity index (χ1n) is 8.51. The van der Waals surface area contributed by atoms with Gasteiger partial charge in [-0.3, -0.25) is 0 Å². The molecular formula is C19H20O11. The molecule has 0 aliphatic heterocycles. The van der Waals surface area contributed by atoms with E-state index in [-0.39, 0.29) is 24.3 Å². The maximum absolute atomic E-state index is 12.2. The first-order valence-corrected chi connectivity index (χ1v) is 8.51. The molecule has 0 saturated heterocycles. The second-order valence-corrected chi connectivity index (χ2v) is 5.84. The molecule has 0 atom stereocenters. The third-order valence-corrected chi connectivity index (χ3v) is 3.69. The molecule has 2 aromatic rings. The van der Waals surface area contributed by atoms with Crippen LogP contribution in [-0.2, 0) is 14.2 Å². The number of hydrogen-bond acceptors (Lipinski definition) is 11. The SMILES string of the molecule is COCCOCCOC(=O)c1cc(O)c(O)c(OC(=O)c2cc(O)c(O)c(O)c2)c1. The Morgan fingerprint density at radius 3 is 1.87 bits per heavy atom. The third-order valence-electron chi connectivity index (χ3n) is 3.69. The number of ether oxygens (including phenoxy) is 4. The van der Waals surface area contributed by atoms with Gasteiger partial charge < -0.3 is 44.5 Å². The number of benzene rings is 2. The average Bonchev–Trinajstić information content (AvgIpc) is 2.71. The van der Waals surface area contributed by atoms with Crippen LogP contribution in [0.15, 0.2) is 24.3 Å². The van der Waals surface area contributed by atoms with Gasteiger partial charge in [-0.2, -0.15) is 0 Å². The lowest BCUT2D eigenvalue weighted by molar-refractivity contribution is 0.0213. The topological polar surface area (TPSA) is 172 Å². The standard InChI is InChI=1S/C19H20O11/c1-27-2-3-28-4-5-29-18(25)11-8-14(22)17(24)15(9-11)30-19(26)10-6-12(20)16(23)13(21)7-10/h6-9,20-24H,2-5H2,1H3. The van der Waals surface area contributed by atoms with Crippen LogP contribution in [0.1, 0.15) is 20.7 Å². The molecule has 0 bridgehead atoms. The van der Waals surface area contributed by atoms with Crippen molar-refractivity contribution >= 4 is 11.9 Å². The van der Waals surface area contributed by atoms with Gasteiger partial charge in [-0.15, -0.1) is 0 Å². The van der Waals surface area contributed by atoms with Crippen molar-refractivity contribution in [3.8, 4) is 34.5 Å². The fraction of sp³-hybridized carbons (Fsp3) is 0.263. The molecule has 0 amide bonds. The monoisotopic (exact) mass is 424 g/mol. The Labute approximate surface area is 170 Å². The first kappa shape index (κ1) is 22.6. The number of aromatic hydroxyl groups is 5. The van der Waals surface area contributed by atoms with Crippen LogP contribution in [0.5, 0.6) is 34.5 Å². The summed E-state index contributed by atoms with van der Waals surface area (Å²) >= 11 is 0. The third kappa shape index (κ3) is 5.65. The largest absolute Gasteiger partial charge is 0.504 e. The van der Waals surface area contributed by atoms with E-state index >= 15 is 0 Å². The van der Waals surface area contributed by atoms with Gasteiger partial charge in [0.25, 0.3) is 0 Å². The van der Waals surface area contributed by atoms with Crippen LogP contribution < -0.4 is 4.74 Å².